The van der Waals surface area contributed by atoms with Crippen LogP contribution < -0.4 is 9.47 Å². The summed E-state index contributed by atoms with van der Waals surface area (Å²) in [5.74, 6) is 0.917. The highest BCUT2D eigenvalue weighted by Crippen LogP contribution is 2.47. The molecule has 4 nitrogen and oxygen atoms in total. The van der Waals surface area contributed by atoms with Crippen LogP contribution in [0.3, 0.4) is 0 Å². The summed E-state index contributed by atoms with van der Waals surface area (Å²) < 4.78 is 11.2. The molecule has 0 aliphatic carbocycles. The molecule has 2 unspecified atom stereocenters. The topological polar surface area (TPSA) is 58.9 Å². The molecule has 0 aromatic heterocycles. The lowest BCUT2D eigenvalue weighted by molar-refractivity contribution is 0.129. The van der Waals surface area contributed by atoms with Crippen LogP contribution in [0.4, 0.5) is 0 Å². The van der Waals surface area contributed by atoms with E-state index in [0.29, 0.717) is 42.7 Å². The second kappa shape index (κ2) is 9.95. The number of hydrogen-bond acceptors (Lipinski definition) is 4. The first-order valence-electron chi connectivity index (χ1n) is 9.05. The van der Waals surface area contributed by atoms with Crippen molar-refractivity contribution in [3.63, 3.8) is 0 Å². The maximum absolute atomic E-state index is 9.18. The van der Waals surface area contributed by atoms with E-state index in [9.17, 15) is 10.2 Å². The second-order valence-corrected chi connectivity index (χ2v) is 9.00. The number of halogens is 4. The van der Waals surface area contributed by atoms with Crippen LogP contribution in [0.2, 0.25) is 20.1 Å². The Hall–Kier alpha value is -0.880. The fourth-order valence-electron chi connectivity index (χ4n) is 3.09. The Morgan fingerprint density at radius 1 is 0.724 bits per heavy atom. The highest BCUT2D eigenvalue weighted by atomic mass is 35.5. The fraction of sp³-hybridized carbons (Fsp3) is 0.429. The Morgan fingerprint density at radius 2 is 1.00 bits per heavy atom. The van der Waals surface area contributed by atoms with E-state index >= 15 is 0 Å². The summed E-state index contributed by atoms with van der Waals surface area (Å²) in [4.78, 5) is 0. The summed E-state index contributed by atoms with van der Waals surface area (Å²) in [5.41, 5.74) is 0.557. The van der Waals surface area contributed by atoms with Gasteiger partial charge in [-0.15, -0.1) is 0 Å². The van der Waals surface area contributed by atoms with Crippen molar-refractivity contribution >= 4 is 46.4 Å². The normalized spacial score (nSPS) is 13.9. The number of rotatable bonds is 8. The van der Waals surface area contributed by atoms with E-state index in [0.717, 1.165) is 0 Å². The molecule has 0 saturated heterocycles. The third-order valence-corrected chi connectivity index (χ3v) is 5.66. The summed E-state index contributed by atoms with van der Waals surface area (Å²) >= 11 is 26.2. The van der Waals surface area contributed by atoms with Crippen molar-refractivity contribution in [2.45, 2.75) is 45.3 Å². The van der Waals surface area contributed by atoms with Gasteiger partial charge in [-0.05, 0) is 49.2 Å². The lowest BCUT2D eigenvalue weighted by Crippen LogP contribution is -2.22. The molecule has 2 rings (SSSR count). The maximum atomic E-state index is 9.18. The molecule has 2 atom stereocenters. The molecular formula is C21H24Cl4O4. The third-order valence-electron chi connectivity index (χ3n) is 4.47. The van der Waals surface area contributed by atoms with Gasteiger partial charge < -0.3 is 19.7 Å². The van der Waals surface area contributed by atoms with Gasteiger partial charge in [0.05, 0.1) is 13.2 Å². The van der Waals surface area contributed by atoms with Crippen LogP contribution in [-0.2, 0) is 5.41 Å². The van der Waals surface area contributed by atoms with Crippen molar-refractivity contribution in [2.24, 2.45) is 0 Å². The van der Waals surface area contributed by atoms with Crippen LogP contribution >= 0.6 is 46.4 Å². The molecule has 2 aromatic carbocycles. The predicted molar refractivity (Wildman–Crippen MR) is 119 cm³/mol. The molecule has 0 bridgehead atoms. The summed E-state index contributed by atoms with van der Waals surface area (Å²) in [6.07, 6.45) is -0.780. The molecule has 0 saturated carbocycles. The lowest BCUT2D eigenvalue weighted by Gasteiger charge is -2.31. The molecule has 2 aromatic rings. The van der Waals surface area contributed by atoms with Crippen LogP contribution in [0.15, 0.2) is 24.3 Å². The SMILES string of the molecule is CC(CO)Oc1cc(Cl)c(C(C)(C)c2c(Cl)cc(OC(C)CO)cc2Cl)c(Cl)c1. The van der Waals surface area contributed by atoms with Crippen LogP contribution in [0.5, 0.6) is 11.5 Å². The Balaban J connectivity index is 2.50. The van der Waals surface area contributed by atoms with Gasteiger partial charge in [0.15, 0.2) is 0 Å². The molecule has 8 heteroatoms. The summed E-state index contributed by atoms with van der Waals surface area (Å²) in [6, 6.07) is 6.61. The summed E-state index contributed by atoms with van der Waals surface area (Å²) in [7, 11) is 0. The minimum absolute atomic E-state index is 0.128. The second-order valence-electron chi connectivity index (χ2n) is 7.37. The van der Waals surface area contributed by atoms with E-state index < -0.39 is 17.6 Å². The Labute approximate surface area is 191 Å². The van der Waals surface area contributed by atoms with Gasteiger partial charge in [-0.1, -0.05) is 60.3 Å². The van der Waals surface area contributed by atoms with E-state index in [1.807, 2.05) is 13.8 Å². The largest absolute Gasteiger partial charge is 0.488 e. The van der Waals surface area contributed by atoms with Gasteiger partial charge in [-0.3, -0.25) is 0 Å². The zero-order chi connectivity index (χ0) is 21.9. The number of benzene rings is 2. The number of aliphatic hydroxyl groups is 2. The molecule has 0 aliphatic heterocycles. The standard InChI is InChI=1S/C21H24Cl4O4/c1-11(9-26)28-13-5-15(22)19(16(23)6-13)21(3,4)20-17(24)7-14(8-18(20)25)29-12(2)10-27/h5-8,11-12,26-27H,9-10H2,1-4H3. The number of aliphatic hydroxyl groups excluding tert-OH is 2. The van der Waals surface area contributed by atoms with Gasteiger partial charge >= 0.3 is 0 Å². The van der Waals surface area contributed by atoms with E-state index in [4.69, 9.17) is 55.9 Å². The highest BCUT2D eigenvalue weighted by molar-refractivity contribution is 6.38. The molecule has 0 radical (unpaired) electrons. The van der Waals surface area contributed by atoms with Crippen LogP contribution in [-0.4, -0.2) is 35.6 Å². The highest BCUT2D eigenvalue weighted by Gasteiger charge is 2.33. The maximum Gasteiger partial charge on any atom is 0.122 e. The molecule has 0 aliphatic rings. The molecular weight excluding hydrogens is 458 g/mol. The zero-order valence-electron chi connectivity index (χ0n) is 16.6. The Kier molecular flexibility index (Phi) is 8.37. The molecule has 160 valence electrons. The minimum atomic E-state index is -0.732. The molecule has 0 heterocycles. The van der Waals surface area contributed by atoms with Gasteiger partial charge in [0.25, 0.3) is 0 Å². The average molecular weight is 482 g/mol. The van der Waals surface area contributed by atoms with Gasteiger partial charge in [-0.2, -0.15) is 0 Å². The van der Waals surface area contributed by atoms with Gasteiger partial charge in [0, 0.05) is 25.5 Å². The molecule has 0 spiro atoms. The van der Waals surface area contributed by atoms with E-state index in [1.54, 1.807) is 38.1 Å². The molecule has 29 heavy (non-hydrogen) atoms. The number of hydrogen-bond donors (Lipinski definition) is 2. The van der Waals surface area contributed by atoms with Gasteiger partial charge in [-0.25, -0.2) is 0 Å². The first-order valence-corrected chi connectivity index (χ1v) is 10.6. The monoisotopic (exact) mass is 480 g/mol. The van der Waals surface area contributed by atoms with Gasteiger partial charge in [0.1, 0.15) is 23.7 Å². The van der Waals surface area contributed by atoms with Gasteiger partial charge in [0.2, 0.25) is 0 Å². The fourth-order valence-corrected chi connectivity index (χ4v) is 4.97. The zero-order valence-corrected chi connectivity index (χ0v) is 19.6. The quantitative estimate of drug-likeness (QED) is 0.475. The summed E-state index contributed by atoms with van der Waals surface area (Å²) in [6.45, 7) is 7.05. The molecule has 0 amide bonds. The van der Waals surface area contributed by atoms with E-state index in [-0.39, 0.29) is 13.2 Å². The van der Waals surface area contributed by atoms with Crippen molar-refractivity contribution < 1.29 is 19.7 Å². The van der Waals surface area contributed by atoms with E-state index in [2.05, 4.69) is 0 Å². The van der Waals surface area contributed by atoms with E-state index in [1.165, 1.54) is 0 Å². The van der Waals surface area contributed by atoms with Crippen molar-refractivity contribution in [2.75, 3.05) is 13.2 Å². The van der Waals surface area contributed by atoms with Crippen molar-refractivity contribution in [3.8, 4) is 11.5 Å². The number of ether oxygens (including phenoxy) is 2. The first kappa shape index (κ1) is 24.4. The van der Waals surface area contributed by atoms with Crippen LogP contribution in [0.1, 0.15) is 38.8 Å². The lowest BCUT2D eigenvalue weighted by atomic mass is 9.77. The van der Waals surface area contributed by atoms with Crippen LogP contribution in [0.25, 0.3) is 0 Å². The Morgan fingerprint density at radius 3 is 1.24 bits per heavy atom. The average Bonchev–Trinajstić information content (AvgIpc) is 2.59. The minimum Gasteiger partial charge on any atom is -0.488 e. The molecule has 2 N–H and O–H groups in total. The van der Waals surface area contributed by atoms with Crippen LogP contribution in [0, 0.1) is 0 Å². The Bertz CT molecular complexity index is 754. The molecule has 0 fully saturated rings. The smallest absolute Gasteiger partial charge is 0.122 e. The van der Waals surface area contributed by atoms with Crippen molar-refractivity contribution in [3.05, 3.63) is 55.5 Å². The third kappa shape index (κ3) is 5.63. The first-order chi connectivity index (χ1) is 13.5. The summed E-state index contributed by atoms with van der Waals surface area (Å²) in [5, 5.41) is 19.9. The van der Waals surface area contributed by atoms with Crippen molar-refractivity contribution in [1.29, 1.82) is 0 Å². The van der Waals surface area contributed by atoms with Crippen molar-refractivity contribution in [1.82, 2.24) is 0 Å². The predicted octanol–water partition coefficient (Wildman–Crippen LogP) is 6.15.